The van der Waals surface area contributed by atoms with Crippen molar-refractivity contribution in [3.8, 4) is 0 Å². The SMILES string of the molecule is CCc1cc(NS(=O)(=O)N(C)C)n[nH]1. The monoisotopic (exact) mass is 218 g/mol. The third-order valence-corrected chi connectivity index (χ3v) is 3.15. The summed E-state index contributed by atoms with van der Waals surface area (Å²) in [7, 11) is -0.537. The first-order valence-corrected chi connectivity index (χ1v) is 5.64. The topological polar surface area (TPSA) is 78.1 Å². The van der Waals surface area contributed by atoms with E-state index in [9.17, 15) is 8.42 Å². The van der Waals surface area contributed by atoms with Gasteiger partial charge in [-0.15, -0.1) is 0 Å². The van der Waals surface area contributed by atoms with Crippen LogP contribution >= 0.6 is 0 Å². The molecule has 0 spiro atoms. The lowest BCUT2D eigenvalue weighted by atomic mass is 10.3. The maximum Gasteiger partial charge on any atom is 0.302 e. The van der Waals surface area contributed by atoms with E-state index in [1.54, 1.807) is 6.07 Å². The summed E-state index contributed by atoms with van der Waals surface area (Å²) in [4.78, 5) is 0. The summed E-state index contributed by atoms with van der Waals surface area (Å²) in [5.41, 5.74) is 0.890. The Morgan fingerprint density at radius 1 is 1.57 bits per heavy atom. The summed E-state index contributed by atoms with van der Waals surface area (Å²) >= 11 is 0. The zero-order chi connectivity index (χ0) is 10.8. The summed E-state index contributed by atoms with van der Waals surface area (Å²) < 4.78 is 26.1. The zero-order valence-corrected chi connectivity index (χ0v) is 9.22. The Labute approximate surface area is 83.5 Å². The maximum atomic E-state index is 11.4. The van der Waals surface area contributed by atoms with Gasteiger partial charge in [0.25, 0.3) is 0 Å². The van der Waals surface area contributed by atoms with Crippen molar-refractivity contribution < 1.29 is 8.42 Å². The zero-order valence-electron chi connectivity index (χ0n) is 8.40. The molecule has 80 valence electrons. The van der Waals surface area contributed by atoms with E-state index >= 15 is 0 Å². The lowest BCUT2D eigenvalue weighted by Gasteiger charge is -2.10. The molecule has 7 heteroatoms. The molecule has 2 N–H and O–H groups in total. The first kappa shape index (κ1) is 11.0. The molecule has 0 radical (unpaired) electrons. The van der Waals surface area contributed by atoms with Crippen LogP contribution in [0.25, 0.3) is 0 Å². The minimum atomic E-state index is -3.45. The molecule has 0 aliphatic heterocycles. The van der Waals surface area contributed by atoms with Crippen molar-refractivity contribution in [2.24, 2.45) is 0 Å². The van der Waals surface area contributed by atoms with Crippen molar-refractivity contribution >= 4 is 16.0 Å². The second-order valence-electron chi connectivity index (χ2n) is 3.02. The van der Waals surface area contributed by atoms with Crippen LogP contribution in [0.2, 0.25) is 0 Å². The number of hydrogen-bond donors (Lipinski definition) is 2. The summed E-state index contributed by atoms with van der Waals surface area (Å²) in [5, 5.41) is 6.53. The van der Waals surface area contributed by atoms with Gasteiger partial charge in [-0.3, -0.25) is 9.82 Å². The molecule has 0 aliphatic carbocycles. The molecule has 1 rings (SSSR count). The van der Waals surface area contributed by atoms with Gasteiger partial charge in [-0.1, -0.05) is 6.92 Å². The molecule has 0 saturated heterocycles. The van der Waals surface area contributed by atoms with E-state index in [4.69, 9.17) is 0 Å². The van der Waals surface area contributed by atoms with Crippen molar-refractivity contribution in [2.45, 2.75) is 13.3 Å². The van der Waals surface area contributed by atoms with Gasteiger partial charge >= 0.3 is 10.2 Å². The van der Waals surface area contributed by atoms with Crippen LogP contribution < -0.4 is 4.72 Å². The number of aryl methyl sites for hydroxylation is 1. The number of aromatic nitrogens is 2. The normalized spacial score (nSPS) is 12.0. The maximum absolute atomic E-state index is 11.4. The number of hydrogen-bond acceptors (Lipinski definition) is 3. The molecule has 0 aliphatic rings. The second-order valence-corrected chi connectivity index (χ2v) is 4.91. The second kappa shape index (κ2) is 3.97. The lowest BCUT2D eigenvalue weighted by molar-refractivity contribution is 0.526. The molecule has 0 amide bonds. The van der Waals surface area contributed by atoms with Gasteiger partial charge in [0.2, 0.25) is 0 Å². The Hall–Kier alpha value is -1.08. The number of aromatic amines is 1. The lowest BCUT2D eigenvalue weighted by Crippen LogP contribution is -2.29. The predicted octanol–water partition coefficient (Wildman–Crippen LogP) is 0.190. The summed E-state index contributed by atoms with van der Waals surface area (Å²) in [6, 6.07) is 1.67. The molecule has 14 heavy (non-hydrogen) atoms. The van der Waals surface area contributed by atoms with E-state index < -0.39 is 10.2 Å². The van der Waals surface area contributed by atoms with Gasteiger partial charge < -0.3 is 0 Å². The minimum Gasteiger partial charge on any atom is -0.280 e. The highest BCUT2D eigenvalue weighted by atomic mass is 32.2. The molecule has 0 atom stereocenters. The van der Waals surface area contributed by atoms with Gasteiger partial charge in [-0.05, 0) is 6.42 Å². The molecule has 1 aromatic heterocycles. The Morgan fingerprint density at radius 2 is 2.21 bits per heavy atom. The number of anilines is 1. The Morgan fingerprint density at radius 3 is 2.64 bits per heavy atom. The first-order valence-electron chi connectivity index (χ1n) is 4.20. The van der Waals surface area contributed by atoms with Crippen molar-refractivity contribution in [3.63, 3.8) is 0 Å². The van der Waals surface area contributed by atoms with Crippen molar-refractivity contribution in [1.82, 2.24) is 14.5 Å². The number of nitrogens with zero attached hydrogens (tertiary/aromatic N) is 2. The van der Waals surface area contributed by atoms with Crippen molar-refractivity contribution in [1.29, 1.82) is 0 Å². The fourth-order valence-corrected chi connectivity index (χ4v) is 1.37. The van der Waals surface area contributed by atoms with E-state index in [0.717, 1.165) is 16.4 Å². The van der Waals surface area contributed by atoms with Crippen LogP contribution in [0.5, 0.6) is 0 Å². The van der Waals surface area contributed by atoms with Crippen LogP contribution in [-0.4, -0.2) is 37.0 Å². The fraction of sp³-hybridized carbons (Fsp3) is 0.571. The Kier molecular flexibility index (Phi) is 3.12. The van der Waals surface area contributed by atoms with Crippen molar-refractivity contribution in [3.05, 3.63) is 11.8 Å². The van der Waals surface area contributed by atoms with Gasteiger partial charge in [0.05, 0.1) is 0 Å². The van der Waals surface area contributed by atoms with Crippen LogP contribution in [0.15, 0.2) is 6.07 Å². The number of nitrogens with one attached hydrogen (secondary N) is 2. The van der Waals surface area contributed by atoms with E-state index in [-0.39, 0.29) is 0 Å². The van der Waals surface area contributed by atoms with Gasteiger partial charge in [0.1, 0.15) is 0 Å². The molecule has 0 unspecified atom stereocenters. The summed E-state index contributed by atoms with van der Waals surface area (Å²) in [6.07, 6.45) is 0.788. The Balaban J connectivity index is 2.79. The third kappa shape index (κ3) is 2.46. The van der Waals surface area contributed by atoms with Crippen LogP contribution in [0.4, 0.5) is 5.82 Å². The molecule has 6 nitrogen and oxygen atoms in total. The molecule has 1 aromatic rings. The standard InChI is InChI=1S/C7H14N4O2S/c1-4-6-5-7(9-8-6)10-14(12,13)11(2)3/h5H,4H2,1-3H3,(H2,8,9,10). The fourth-order valence-electron chi connectivity index (χ4n) is 0.818. The van der Waals surface area contributed by atoms with E-state index in [0.29, 0.717) is 5.82 Å². The number of rotatable bonds is 4. The van der Waals surface area contributed by atoms with Crippen molar-refractivity contribution in [2.75, 3.05) is 18.8 Å². The van der Waals surface area contributed by atoms with Crippen LogP contribution in [-0.2, 0) is 16.6 Å². The van der Waals surface area contributed by atoms with Gasteiger partial charge in [-0.2, -0.15) is 17.8 Å². The molecule has 0 aromatic carbocycles. The van der Waals surface area contributed by atoms with E-state index in [1.807, 2.05) is 6.92 Å². The van der Waals surface area contributed by atoms with Crippen LogP contribution in [0.3, 0.4) is 0 Å². The summed E-state index contributed by atoms with van der Waals surface area (Å²) in [6.45, 7) is 1.96. The molecule has 0 saturated carbocycles. The third-order valence-electron chi connectivity index (χ3n) is 1.73. The highest BCUT2D eigenvalue weighted by Crippen LogP contribution is 2.08. The molecule has 0 bridgehead atoms. The van der Waals surface area contributed by atoms with Gasteiger partial charge in [-0.25, -0.2) is 0 Å². The van der Waals surface area contributed by atoms with E-state index in [2.05, 4.69) is 14.9 Å². The average molecular weight is 218 g/mol. The van der Waals surface area contributed by atoms with E-state index in [1.165, 1.54) is 14.1 Å². The molecular weight excluding hydrogens is 204 g/mol. The average Bonchev–Trinajstić information content (AvgIpc) is 2.51. The van der Waals surface area contributed by atoms with Crippen LogP contribution in [0.1, 0.15) is 12.6 Å². The highest BCUT2D eigenvalue weighted by molar-refractivity contribution is 7.90. The van der Waals surface area contributed by atoms with Gasteiger partial charge in [0.15, 0.2) is 5.82 Å². The molecular formula is C7H14N4O2S. The Bertz CT molecular complexity index is 396. The largest absolute Gasteiger partial charge is 0.302 e. The first-order chi connectivity index (χ1) is 6.45. The minimum absolute atomic E-state index is 0.315. The highest BCUT2D eigenvalue weighted by Gasteiger charge is 2.14. The van der Waals surface area contributed by atoms with Crippen LogP contribution in [0, 0.1) is 0 Å². The molecule has 1 heterocycles. The quantitative estimate of drug-likeness (QED) is 0.757. The number of H-pyrrole nitrogens is 1. The van der Waals surface area contributed by atoms with Gasteiger partial charge in [0, 0.05) is 25.9 Å². The summed E-state index contributed by atoms with van der Waals surface area (Å²) in [5.74, 6) is 0.315. The predicted molar refractivity (Wildman–Crippen MR) is 54.2 cm³/mol. The smallest absolute Gasteiger partial charge is 0.280 e. The molecule has 0 fully saturated rings.